The molecule has 0 rings (SSSR count). The molecule has 0 bridgehead atoms. The zero-order chi connectivity index (χ0) is 7.28. The first-order valence-electron chi connectivity index (χ1n) is 1.89. The molecule has 0 unspecified atom stereocenters. The van der Waals surface area contributed by atoms with Gasteiger partial charge in [-0.25, -0.2) is 0 Å². The van der Waals surface area contributed by atoms with Crippen LogP contribution in [0.4, 0.5) is 0 Å². The molecule has 0 radical (unpaired) electrons. The van der Waals surface area contributed by atoms with Gasteiger partial charge in [0, 0.05) is 9.33 Å². The molecule has 0 spiro atoms. The lowest BCUT2D eigenvalue weighted by atomic mass is 10.8. The minimum absolute atomic E-state index is 0.778. The average molecular weight is 430 g/mol. The largest absolute Gasteiger partial charge is 0.185 e. The van der Waals surface area contributed by atoms with Gasteiger partial charge in [-0.1, -0.05) is 0 Å². The first-order valence-corrected chi connectivity index (χ1v) is 5.82. The predicted octanol–water partition coefficient (Wildman–Crippen LogP) is 3.63. The van der Waals surface area contributed by atoms with Crippen molar-refractivity contribution in [2.75, 3.05) is 5.75 Å². The Bertz CT molecular complexity index is 158. The maximum Gasteiger partial charge on any atom is 0.133 e. The van der Waals surface area contributed by atoms with Gasteiger partial charge < -0.3 is 0 Å². The predicted molar refractivity (Wildman–Crippen MR) is 62.1 cm³/mol. The van der Waals surface area contributed by atoms with Gasteiger partial charge in [0.05, 0.1) is 2.49 Å². The summed E-state index contributed by atoms with van der Waals surface area (Å²) in [6.07, 6.45) is 0. The Balaban J connectivity index is 3.67. The van der Waals surface area contributed by atoms with E-state index >= 15 is 0 Å². The molecule has 0 atom stereocenters. The van der Waals surface area contributed by atoms with Crippen molar-refractivity contribution in [2.45, 2.75) is 0 Å². The average Bonchev–Trinajstić information content (AvgIpc) is 1.82. The highest BCUT2D eigenvalue weighted by Gasteiger charge is 1.95. The molecule has 0 aliphatic heterocycles. The fraction of sp³-hybridized carbons (Fsp3) is 0.250. The number of thioether (sulfide) groups is 1. The van der Waals surface area contributed by atoms with Gasteiger partial charge in [-0.15, -0.1) is 0 Å². The molecule has 0 fully saturated rings. The quantitative estimate of drug-likeness (QED) is 0.494. The molecule has 0 heterocycles. The fourth-order valence-electron chi connectivity index (χ4n) is 0.150. The second-order valence-electron chi connectivity index (χ2n) is 1.05. The Morgan fingerprint density at radius 3 is 2.56 bits per heavy atom. The van der Waals surface area contributed by atoms with E-state index in [1.807, 2.05) is 5.40 Å². The smallest absolute Gasteiger partial charge is 0.133 e. The maximum absolute atomic E-state index is 8.17. The van der Waals surface area contributed by atoms with Crippen molar-refractivity contribution >= 4 is 72.9 Å². The molecule has 0 aliphatic carbocycles. The maximum atomic E-state index is 8.17. The third-order valence-corrected chi connectivity index (χ3v) is 5.37. The van der Waals surface area contributed by atoms with Crippen molar-refractivity contribution in [1.82, 2.24) is 0 Å². The van der Waals surface area contributed by atoms with Crippen LogP contribution in [-0.4, -0.2) is 5.75 Å². The van der Waals surface area contributed by atoms with E-state index in [9.17, 15) is 0 Å². The molecule has 0 aromatic carbocycles. The van der Waals surface area contributed by atoms with E-state index in [0.717, 1.165) is 8.24 Å². The third kappa shape index (κ3) is 5.94. The first-order chi connectivity index (χ1) is 4.18. The summed E-state index contributed by atoms with van der Waals surface area (Å²) in [5.41, 5.74) is 0. The zero-order valence-corrected chi connectivity index (χ0v) is 10.9. The summed E-state index contributed by atoms with van der Waals surface area (Å²) in [6.45, 7) is 0. The molecule has 0 amide bonds. The van der Waals surface area contributed by atoms with Gasteiger partial charge in [-0.05, 0) is 72.9 Å². The van der Waals surface area contributed by atoms with Gasteiger partial charge in [-0.2, -0.15) is 5.26 Å². The molecule has 0 N–H and O–H groups in total. The van der Waals surface area contributed by atoms with Crippen molar-refractivity contribution in [2.24, 2.45) is 0 Å². The molecule has 0 aromatic heterocycles. The number of hydrogen-bond acceptors (Lipinski definition) is 2. The summed E-state index contributed by atoms with van der Waals surface area (Å²) < 4.78 is 2.27. The Kier molecular flexibility index (Phi) is 7.30. The molecule has 1 nitrogen and oxygen atoms in total. The van der Waals surface area contributed by atoms with Crippen molar-refractivity contribution in [3.8, 4) is 5.40 Å². The van der Waals surface area contributed by atoms with E-state index in [4.69, 9.17) is 5.26 Å². The van der Waals surface area contributed by atoms with E-state index in [0.29, 0.717) is 0 Å². The summed E-state index contributed by atoms with van der Waals surface area (Å²) in [5.74, 6) is 0.778. The lowest BCUT2D eigenvalue weighted by molar-refractivity contribution is 1.57. The lowest BCUT2D eigenvalue weighted by Gasteiger charge is -1.91. The summed E-state index contributed by atoms with van der Waals surface area (Å²) in [5, 5.41) is 10.2. The summed E-state index contributed by atoms with van der Waals surface area (Å²) in [4.78, 5) is 0. The van der Waals surface area contributed by atoms with Crippen LogP contribution in [0, 0.1) is 10.7 Å². The summed E-state index contributed by atoms with van der Waals surface area (Å²) >= 11 is 8.94. The van der Waals surface area contributed by atoms with Gasteiger partial charge >= 0.3 is 0 Å². The molecule has 0 aliphatic rings. The monoisotopic (exact) mass is 429 g/mol. The van der Waals surface area contributed by atoms with Gasteiger partial charge in [-0.3, -0.25) is 0 Å². The van der Waals surface area contributed by atoms with Crippen LogP contribution in [0.3, 0.4) is 0 Å². The van der Waals surface area contributed by atoms with Crippen molar-refractivity contribution in [3.05, 3.63) is 6.07 Å². The molecule has 0 saturated heterocycles. The van der Waals surface area contributed by atoms with Gasteiger partial charge in [0.25, 0.3) is 0 Å². The zero-order valence-electron chi connectivity index (χ0n) is 4.20. The number of nitriles is 1. The standard InChI is InChI=1S/C4H2BrI2NS/c5-4(7)3(6)1-9-2-8/h1H2/b4-3+. The fourth-order valence-corrected chi connectivity index (χ4v) is 1.73. The Labute approximate surface area is 94.1 Å². The Morgan fingerprint density at radius 2 is 2.22 bits per heavy atom. The Morgan fingerprint density at radius 1 is 1.67 bits per heavy atom. The van der Waals surface area contributed by atoms with E-state index in [1.54, 1.807) is 0 Å². The number of halogens is 3. The van der Waals surface area contributed by atoms with Crippen LogP contribution in [0.25, 0.3) is 0 Å². The van der Waals surface area contributed by atoms with Gasteiger partial charge in [0.2, 0.25) is 0 Å². The van der Waals surface area contributed by atoms with Crippen LogP contribution in [0.2, 0.25) is 0 Å². The highest BCUT2D eigenvalue weighted by atomic mass is 127. The van der Waals surface area contributed by atoms with E-state index in [1.165, 1.54) is 15.3 Å². The molecule has 50 valence electrons. The van der Waals surface area contributed by atoms with Gasteiger partial charge in [0.15, 0.2) is 0 Å². The number of hydrogen-bond donors (Lipinski definition) is 0. The number of nitrogens with zero attached hydrogens (tertiary/aromatic N) is 1. The minimum atomic E-state index is 0.778. The molecular weight excluding hydrogens is 428 g/mol. The van der Waals surface area contributed by atoms with Crippen LogP contribution in [-0.2, 0) is 0 Å². The summed E-state index contributed by atoms with van der Waals surface area (Å²) in [7, 11) is 0. The van der Waals surface area contributed by atoms with Crippen molar-refractivity contribution in [1.29, 1.82) is 5.26 Å². The minimum Gasteiger partial charge on any atom is -0.185 e. The first kappa shape index (κ1) is 10.5. The van der Waals surface area contributed by atoms with Crippen LogP contribution in [0.5, 0.6) is 0 Å². The lowest BCUT2D eigenvalue weighted by Crippen LogP contribution is -1.73. The van der Waals surface area contributed by atoms with Crippen LogP contribution >= 0.6 is 72.9 Å². The Hall–Kier alpha value is 1.52. The highest BCUT2D eigenvalue weighted by Crippen LogP contribution is 2.26. The highest BCUT2D eigenvalue weighted by molar-refractivity contribution is 14.1. The second-order valence-corrected chi connectivity index (χ2v) is 6.46. The molecule has 0 aromatic rings. The van der Waals surface area contributed by atoms with Crippen LogP contribution < -0.4 is 0 Å². The molecular formula is C4H2BrI2NS. The van der Waals surface area contributed by atoms with Crippen molar-refractivity contribution in [3.63, 3.8) is 0 Å². The normalized spacial score (nSPS) is 12.2. The van der Waals surface area contributed by atoms with E-state index < -0.39 is 0 Å². The topological polar surface area (TPSA) is 23.8 Å². The van der Waals surface area contributed by atoms with Crippen LogP contribution in [0.15, 0.2) is 6.07 Å². The van der Waals surface area contributed by atoms with E-state index in [-0.39, 0.29) is 0 Å². The number of thiocyanates is 1. The van der Waals surface area contributed by atoms with Gasteiger partial charge in [0.1, 0.15) is 5.40 Å². The van der Waals surface area contributed by atoms with Crippen molar-refractivity contribution < 1.29 is 0 Å². The molecule has 5 heteroatoms. The summed E-state index contributed by atoms with van der Waals surface area (Å²) in [6, 6.07) is 0. The van der Waals surface area contributed by atoms with Crippen LogP contribution in [0.1, 0.15) is 0 Å². The van der Waals surface area contributed by atoms with E-state index in [2.05, 4.69) is 61.1 Å². The second kappa shape index (κ2) is 6.24. The molecule has 0 saturated carbocycles. The number of rotatable bonds is 2. The molecule has 9 heavy (non-hydrogen) atoms. The SMILES string of the molecule is N#CSC/C(I)=C(/Br)I. The third-order valence-electron chi connectivity index (χ3n) is 0.469.